The van der Waals surface area contributed by atoms with Crippen molar-refractivity contribution in [2.75, 3.05) is 5.32 Å². The molecule has 0 unspecified atom stereocenters. The Balaban J connectivity index is 1.52. The highest BCUT2D eigenvalue weighted by Crippen LogP contribution is 2.18. The molecule has 5 heteroatoms. The molecule has 0 atom stereocenters. The second-order valence-corrected chi connectivity index (χ2v) is 8.09. The maximum atomic E-state index is 12.7. The summed E-state index contributed by atoms with van der Waals surface area (Å²) in [6.45, 7) is 7.91. The first-order valence-corrected chi connectivity index (χ1v) is 10.8. The zero-order chi connectivity index (χ0) is 23.5. The van der Waals surface area contributed by atoms with Gasteiger partial charge in [0.25, 0.3) is 5.91 Å². The van der Waals surface area contributed by atoms with Gasteiger partial charge in [0.15, 0.2) is 0 Å². The molecule has 33 heavy (non-hydrogen) atoms. The largest absolute Gasteiger partial charge is 0.480 e. The van der Waals surface area contributed by atoms with Gasteiger partial charge in [0.1, 0.15) is 6.54 Å². The molecular formula is C28H26N2O3. The summed E-state index contributed by atoms with van der Waals surface area (Å²) in [4.78, 5) is 24.0. The first-order chi connectivity index (χ1) is 15.9. The van der Waals surface area contributed by atoms with Crippen LogP contribution in [-0.4, -0.2) is 21.6 Å². The number of nitrogens with one attached hydrogen (secondary N) is 1. The summed E-state index contributed by atoms with van der Waals surface area (Å²) in [7, 11) is 0. The molecule has 3 aromatic carbocycles. The van der Waals surface area contributed by atoms with Crippen LogP contribution in [0.25, 0.3) is 23.4 Å². The average molecular weight is 439 g/mol. The number of fused-ring (bicyclic) bond motifs is 1. The van der Waals surface area contributed by atoms with Gasteiger partial charge in [0, 0.05) is 22.3 Å². The predicted octanol–water partition coefficient (Wildman–Crippen LogP) is 4.09. The van der Waals surface area contributed by atoms with Gasteiger partial charge in [-0.05, 0) is 71.7 Å². The smallest absolute Gasteiger partial charge is 0.323 e. The van der Waals surface area contributed by atoms with Crippen molar-refractivity contribution in [1.29, 1.82) is 0 Å². The van der Waals surface area contributed by atoms with Crippen LogP contribution in [0.5, 0.6) is 0 Å². The van der Waals surface area contributed by atoms with Gasteiger partial charge in [-0.15, -0.1) is 0 Å². The van der Waals surface area contributed by atoms with E-state index in [-0.39, 0.29) is 12.5 Å². The Bertz CT molecular complexity index is 1460. The lowest BCUT2D eigenvalue weighted by molar-refractivity contribution is -0.137. The lowest BCUT2D eigenvalue weighted by atomic mass is 10.0. The van der Waals surface area contributed by atoms with E-state index < -0.39 is 5.97 Å². The molecule has 0 saturated carbocycles. The van der Waals surface area contributed by atoms with Crippen molar-refractivity contribution in [3.63, 3.8) is 0 Å². The molecule has 2 N–H and O–H groups in total. The van der Waals surface area contributed by atoms with Crippen molar-refractivity contribution in [2.45, 2.75) is 26.8 Å². The Kier molecular flexibility index (Phi) is 6.13. The summed E-state index contributed by atoms with van der Waals surface area (Å²) in [6, 6.07) is 21.3. The number of amides is 1. The summed E-state index contributed by atoms with van der Waals surface area (Å²) in [5.74, 6) is -1.03. The summed E-state index contributed by atoms with van der Waals surface area (Å²) in [6.07, 6.45) is 2.53. The fourth-order valence-electron chi connectivity index (χ4n) is 4.23. The molecule has 1 aromatic heterocycles. The van der Waals surface area contributed by atoms with Crippen LogP contribution in [0.1, 0.15) is 34.1 Å². The topological polar surface area (TPSA) is 71.3 Å². The molecule has 0 aliphatic heterocycles. The summed E-state index contributed by atoms with van der Waals surface area (Å²) in [5.41, 5.74) is 4.32. The van der Waals surface area contributed by atoms with Gasteiger partial charge >= 0.3 is 5.97 Å². The van der Waals surface area contributed by atoms with Gasteiger partial charge in [-0.3, -0.25) is 9.59 Å². The normalized spacial score (nSPS) is 11.6. The number of carbonyl (C=O) groups is 2. The molecule has 0 aliphatic rings. The summed E-state index contributed by atoms with van der Waals surface area (Å²) < 4.78 is 1.79. The van der Waals surface area contributed by atoms with Crippen molar-refractivity contribution in [1.82, 2.24) is 4.57 Å². The third-order valence-electron chi connectivity index (χ3n) is 5.98. The van der Waals surface area contributed by atoms with Gasteiger partial charge in [-0.25, -0.2) is 0 Å². The highest BCUT2D eigenvalue weighted by molar-refractivity contribution is 6.06. The zero-order valence-corrected chi connectivity index (χ0v) is 18.8. The molecule has 4 aromatic rings. The van der Waals surface area contributed by atoms with Crippen LogP contribution in [0.2, 0.25) is 0 Å². The maximum Gasteiger partial charge on any atom is 0.323 e. The van der Waals surface area contributed by atoms with Crippen LogP contribution >= 0.6 is 0 Å². The summed E-state index contributed by atoms with van der Waals surface area (Å²) in [5, 5.41) is 16.0. The number of rotatable bonds is 6. The zero-order valence-electron chi connectivity index (χ0n) is 18.8. The predicted molar refractivity (Wildman–Crippen MR) is 133 cm³/mol. The number of aromatic nitrogens is 1. The van der Waals surface area contributed by atoms with Crippen LogP contribution in [0.3, 0.4) is 0 Å². The monoisotopic (exact) mass is 438 g/mol. The van der Waals surface area contributed by atoms with Crippen LogP contribution in [0.4, 0.5) is 5.69 Å². The third-order valence-corrected chi connectivity index (χ3v) is 5.98. The fraction of sp³-hybridized carbons (Fsp3) is 0.143. The van der Waals surface area contributed by atoms with Crippen molar-refractivity contribution in [3.8, 4) is 0 Å². The number of carbonyl (C=O) groups excluding carboxylic acids is 1. The molecule has 0 saturated heterocycles. The summed E-state index contributed by atoms with van der Waals surface area (Å²) >= 11 is 0. The number of anilines is 1. The van der Waals surface area contributed by atoms with Crippen molar-refractivity contribution >= 4 is 41.0 Å². The number of hydrogen-bond acceptors (Lipinski definition) is 2. The van der Waals surface area contributed by atoms with Gasteiger partial charge < -0.3 is 15.0 Å². The SMILES string of the molecule is C=c1c(Cc2ccc(NC(=O)c3ccc4ccccc4c3)cc2)c(C)n(CC(=O)O)/c1=C/C. The molecule has 0 bridgehead atoms. The standard InChI is InChI=1S/C28H26N2O3/c1-4-26-18(2)25(19(3)30(26)17-27(31)32)15-20-9-13-24(14-10-20)29-28(33)23-12-11-21-7-5-6-8-22(21)16-23/h4-14,16H,2,15,17H2,1,3H3,(H,29,33)(H,31,32)/b26-4+. The molecule has 0 spiro atoms. The van der Waals surface area contributed by atoms with E-state index in [1.165, 1.54) is 0 Å². The number of nitrogens with zero attached hydrogens (tertiary/aromatic N) is 1. The van der Waals surface area contributed by atoms with E-state index in [4.69, 9.17) is 0 Å². The average Bonchev–Trinajstić information content (AvgIpc) is 3.03. The second-order valence-electron chi connectivity index (χ2n) is 8.09. The Morgan fingerprint density at radius 1 is 1.03 bits per heavy atom. The Labute approximate surface area is 192 Å². The van der Waals surface area contributed by atoms with Gasteiger partial charge in [0.2, 0.25) is 0 Å². The van der Waals surface area contributed by atoms with Crippen molar-refractivity contribution in [2.24, 2.45) is 0 Å². The lowest BCUT2D eigenvalue weighted by Gasteiger charge is -2.09. The van der Waals surface area contributed by atoms with Crippen LogP contribution in [0, 0.1) is 6.92 Å². The minimum Gasteiger partial charge on any atom is -0.480 e. The number of benzene rings is 3. The molecule has 0 aliphatic carbocycles. The van der Waals surface area contributed by atoms with Gasteiger partial charge in [0.05, 0.1) is 0 Å². The Hall–Kier alpha value is -4.12. The van der Waals surface area contributed by atoms with E-state index >= 15 is 0 Å². The number of carboxylic acids is 1. The molecule has 0 radical (unpaired) electrons. The second kappa shape index (κ2) is 9.17. The lowest BCUT2D eigenvalue weighted by Crippen LogP contribution is -2.31. The molecule has 1 amide bonds. The van der Waals surface area contributed by atoms with Crippen LogP contribution < -0.4 is 15.9 Å². The molecule has 1 heterocycles. The quantitative estimate of drug-likeness (QED) is 0.476. The van der Waals surface area contributed by atoms with E-state index in [0.29, 0.717) is 12.0 Å². The maximum absolute atomic E-state index is 12.7. The highest BCUT2D eigenvalue weighted by atomic mass is 16.4. The van der Waals surface area contributed by atoms with Crippen molar-refractivity contribution < 1.29 is 14.7 Å². The first-order valence-electron chi connectivity index (χ1n) is 10.8. The van der Waals surface area contributed by atoms with Gasteiger partial charge in [-0.1, -0.05) is 55.1 Å². The minimum absolute atomic E-state index is 0.0895. The van der Waals surface area contributed by atoms with E-state index in [1.54, 1.807) is 4.57 Å². The van der Waals surface area contributed by atoms with Gasteiger partial charge in [-0.2, -0.15) is 0 Å². The number of hydrogen-bond donors (Lipinski definition) is 2. The van der Waals surface area contributed by atoms with Crippen LogP contribution in [-0.2, 0) is 17.8 Å². The number of carboxylic acid groups (broad SMARTS) is 1. The van der Waals surface area contributed by atoms with Crippen LogP contribution in [0.15, 0.2) is 66.7 Å². The molecule has 4 rings (SSSR count). The Morgan fingerprint density at radius 3 is 2.39 bits per heavy atom. The van der Waals surface area contributed by atoms with E-state index in [1.807, 2.05) is 86.7 Å². The van der Waals surface area contributed by atoms with Crippen molar-refractivity contribution in [3.05, 3.63) is 99.7 Å². The number of aliphatic carboxylic acids is 1. The highest BCUT2D eigenvalue weighted by Gasteiger charge is 2.13. The molecule has 0 fully saturated rings. The molecular weight excluding hydrogens is 412 g/mol. The fourth-order valence-corrected chi connectivity index (χ4v) is 4.23. The molecule has 5 nitrogen and oxygen atoms in total. The third kappa shape index (κ3) is 4.58. The minimum atomic E-state index is -0.880. The van der Waals surface area contributed by atoms with E-state index in [9.17, 15) is 14.7 Å². The van der Waals surface area contributed by atoms with E-state index in [0.717, 1.165) is 43.8 Å². The van der Waals surface area contributed by atoms with E-state index in [2.05, 4.69) is 11.9 Å². The Morgan fingerprint density at radius 2 is 1.73 bits per heavy atom. The first kappa shape index (κ1) is 22.1. The molecule has 166 valence electrons.